The van der Waals surface area contributed by atoms with Crippen LogP contribution in [0.25, 0.3) is 0 Å². The second-order valence-electron chi connectivity index (χ2n) is 4.99. The first kappa shape index (κ1) is 12.7. The quantitative estimate of drug-likeness (QED) is 0.868. The minimum Gasteiger partial charge on any atom is -0.459 e. The lowest BCUT2D eigenvalue weighted by Gasteiger charge is -2.25. The molecule has 0 aromatic heterocycles. The molecule has 0 spiro atoms. The minimum absolute atomic E-state index is 0.177. The number of nitrogens with one attached hydrogen (secondary N) is 1. The van der Waals surface area contributed by atoms with Gasteiger partial charge in [-0.25, -0.2) is 4.79 Å². The van der Waals surface area contributed by atoms with Crippen LogP contribution in [0.1, 0.15) is 17.5 Å². The van der Waals surface area contributed by atoms with Crippen molar-refractivity contribution in [3.8, 4) is 0 Å². The van der Waals surface area contributed by atoms with Crippen LogP contribution < -0.4 is 5.32 Å². The zero-order chi connectivity index (χ0) is 13.8. The van der Waals surface area contributed by atoms with Crippen LogP contribution in [-0.4, -0.2) is 12.0 Å². The molecule has 1 aliphatic heterocycles. The van der Waals surface area contributed by atoms with Gasteiger partial charge in [0, 0.05) is 5.69 Å². The molecule has 102 valence electrons. The Labute approximate surface area is 118 Å². The lowest BCUT2D eigenvalue weighted by atomic mass is 9.98. The number of hydrogen-bond acceptors (Lipinski definition) is 3. The standard InChI is InChI=1S/C17H17NO2/c19-17(20-12-13-6-2-1-3-7-13)16-11-10-14-8-4-5-9-15(14)18-16/h1-9,16,18H,10-12H2/t16-/m1/s1. The maximum atomic E-state index is 12.1. The summed E-state index contributed by atoms with van der Waals surface area (Å²) in [7, 11) is 0. The van der Waals surface area contributed by atoms with Crippen molar-refractivity contribution in [2.75, 3.05) is 5.32 Å². The number of para-hydroxylation sites is 1. The van der Waals surface area contributed by atoms with Gasteiger partial charge in [-0.3, -0.25) is 0 Å². The summed E-state index contributed by atoms with van der Waals surface area (Å²) >= 11 is 0. The molecule has 0 unspecified atom stereocenters. The molecular formula is C17H17NO2. The highest BCUT2D eigenvalue weighted by Crippen LogP contribution is 2.24. The molecule has 3 heteroatoms. The summed E-state index contributed by atoms with van der Waals surface area (Å²) in [5.41, 5.74) is 3.32. The Morgan fingerprint density at radius 3 is 2.70 bits per heavy atom. The molecular weight excluding hydrogens is 250 g/mol. The molecule has 0 fully saturated rings. The van der Waals surface area contributed by atoms with Crippen molar-refractivity contribution >= 4 is 11.7 Å². The predicted octanol–water partition coefficient (Wildman–Crippen LogP) is 3.16. The summed E-state index contributed by atoms with van der Waals surface area (Å²) in [6, 6.07) is 17.6. The fraction of sp³-hybridized carbons (Fsp3) is 0.235. The molecule has 3 nitrogen and oxygen atoms in total. The van der Waals surface area contributed by atoms with Gasteiger partial charge in [-0.15, -0.1) is 0 Å². The van der Waals surface area contributed by atoms with Crippen LogP contribution in [-0.2, 0) is 22.6 Å². The Morgan fingerprint density at radius 2 is 1.85 bits per heavy atom. The smallest absolute Gasteiger partial charge is 0.328 e. The van der Waals surface area contributed by atoms with E-state index in [9.17, 15) is 4.79 Å². The third-order valence-corrected chi connectivity index (χ3v) is 3.56. The first-order valence-corrected chi connectivity index (χ1v) is 6.88. The average molecular weight is 267 g/mol. The highest BCUT2D eigenvalue weighted by molar-refractivity contribution is 5.80. The van der Waals surface area contributed by atoms with Crippen molar-refractivity contribution < 1.29 is 9.53 Å². The van der Waals surface area contributed by atoms with E-state index in [0.29, 0.717) is 6.61 Å². The molecule has 1 atom stereocenters. The van der Waals surface area contributed by atoms with Gasteiger partial charge >= 0.3 is 5.97 Å². The van der Waals surface area contributed by atoms with E-state index in [1.165, 1.54) is 5.56 Å². The fourth-order valence-electron chi connectivity index (χ4n) is 2.44. The van der Waals surface area contributed by atoms with Crippen LogP contribution in [0.4, 0.5) is 5.69 Å². The zero-order valence-electron chi connectivity index (χ0n) is 11.2. The van der Waals surface area contributed by atoms with E-state index >= 15 is 0 Å². The number of rotatable bonds is 3. The molecule has 2 aromatic rings. The monoisotopic (exact) mass is 267 g/mol. The van der Waals surface area contributed by atoms with Crippen LogP contribution >= 0.6 is 0 Å². The van der Waals surface area contributed by atoms with E-state index in [0.717, 1.165) is 24.1 Å². The Balaban J connectivity index is 1.59. The normalized spacial score (nSPS) is 16.9. The number of carbonyl (C=O) groups is 1. The van der Waals surface area contributed by atoms with Crippen LogP contribution in [0.3, 0.4) is 0 Å². The van der Waals surface area contributed by atoms with Gasteiger partial charge in [-0.1, -0.05) is 48.5 Å². The number of esters is 1. The van der Waals surface area contributed by atoms with Crippen LogP contribution in [0, 0.1) is 0 Å². The van der Waals surface area contributed by atoms with Gasteiger partial charge in [0.05, 0.1) is 0 Å². The fourth-order valence-corrected chi connectivity index (χ4v) is 2.44. The third-order valence-electron chi connectivity index (χ3n) is 3.56. The first-order chi connectivity index (χ1) is 9.83. The number of ether oxygens (including phenoxy) is 1. The van der Waals surface area contributed by atoms with Gasteiger partial charge in [0.1, 0.15) is 12.6 Å². The summed E-state index contributed by atoms with van der Waals surface area (Å²) in [4.78, 5) is 12.1. The molecule has 0 radical (unpaired) electrons. The molecule has 2 aromatic carbocycles. The van der Waals surface area contributed by atoms with Crippen molar-refractivity contribution in [1.82, 2.24) is 0 Å². The largest absolute Gasteiger partial charge is 0.459 e. The van der Waals surface area contributed by atoms with E-state index in [-0.39, 0.29) is 12.0 Å². The molecule has 0 bridgehead atoms. The van der Waals surface area contributed by atoms with Crippen LogP contribution in [0.15, 0.2) is 54.6 Å². The number of benzene rings is 2. The van der Waals surface area contributed by atoms with Crippen LogP contribution in [0.2, 0.25) is 0 Å². The van der Waals surface area contributed by atoms with Crippen molar-refractivity contribution in [3.63, 3.8) is 0 Å². The topological polar surface area (TPSA) is 38.3 Å². The van der Waals surface area contributed by atoms with Crippen LogP contribution in [0.5, 0.6) is 0 Å². The van der Waals surface area contributed by atoms with E-state index in [1.807, 2.05) is 48.5 Å². The van der Waals surface area contributed by atoms with Crippen molar-refractivity contribution in [2.24, 2.45) is 0 Å². The number of hydrogen-bond donors (Lipinski definition) is 1. The zero-order valence-corrected chi connectivity index (χ0v) is 11.2. The molecule has 1 heterocycles. The Kier molecular flexibility index (Phi) is 3.68. The van der Waals surface area contributed by atoms with Gasteiger partial charge in [-0.05, 0) is 30.0 Å². The Morgan fingerprint density at radius 1 is 1.10 bits per heavy atom. The first-order valence-electron chi connectivity index (χ1n) is 6.88. The van der Waals surface area contributed by atoms with Gasteiger partial charge in [0.2, 0.25) is 0 Å². The minimum atomic E-state index is -0.242. The highest BCUT2D eigenvalue weighted by Gasteiger charge is 2.24. The maximum Gasteiger partial charge on any atom is 0.328 e. The molecule has 0 saturated carbocycles. The second-order valence-corrected chi connectivity index (χ2v) is 4.99. The SMILES string of the molecule is O=C(OCc1ccccc1)[C@H]1CCc2ccccc2N1. The molecule has 1 aliphatic rings. The number of carbonyl (C=O) groups excluding carboxylic acids is 1. The second kappa shape index (κ2) is 5.78. The summed E-state index contributed by atoms with van der Waals surface area (Å²) in [5, 5.41) is 3.26. The number of fused-ring (bicyclic) bond motifs is 1. The van der Waals surface area contributed by atoms with Gasteiger partial charge in [0.15, 0.2) is 0 Å². The lowest BCUT2D eigenvalue weighted by molar-refractivity contribution is -0.146. The van der Waals surface area contributed by atoms with Gasteiger partial charge < -0.3 is 10.1 Å². The third kappa shape index (κ3) is 2.82. The van der Waals surface area contributed by atoms with Gasteiger partial charge in [0.25, 0.3) is 0 Å². The molecule has 0 saturated heterocycles. The molecule has 1 N–H and O–H groups in total. The van der Waals surface area contributed by atoms with E-state index in [1.54, 1.807) is 0 Å². The predicted molar refractivity (Wildman–Crippen MR) is 78.4 cm³/mol. The van der Waals surface area contributed by atoms with Crippen molar-refractivity contribution in [2.45, 2.75) is 25.5 Å². The highest BCUT2D eigenvalue weighted by atomic mass is 16.5. The average Bonchev–Trinajstić information content (AvgIpc) is 2.53. The van der Waals surface area contributed by atoms with Crippen molar-refractivity contribution in [3.05, 3.63) is 65.7 Å². The summed E-state index contributed by atoms with van der Waals surface area (Å²) in [6.45, 7) is 0.333. The lowest BCUT2D eigenvalue weighted by Crippen LogP contribution is -2.34. The summed E-state index contributed by atoms with van der Waals surface area (Å²) in [5.74, 6) is -0.177. The molecule has 0 amide bonds. The number of aryl methyl sites for hydroxylation is 1. The van der Waals surface area contributed by atoms with Crippen molar-refractivity contribution in [1.29, 1.82) is 0 Å². The Hall–Kier alpha value is -2.29. The molecule has 20 heavy (non-hydrogen) atoms. The number of anilines is 1. The molecule has 3 rings (SSSR count). The summed E-state index contributed by atoms with van der Waals surface area (Å²) in [6.07, 6.45) is 1.69. The van der Waals surface area contributed by atoms with E-state index in [2.05, 4.69) is 11.4 Å². The molecule has 0 aliphatic carbocycles. The van der Waals surface area contributed by atoms with E-state index < -0.39 is 0 Å². The van der Waals surface area contributed by atoms with Gasteiger partial charge in [-0.2, -0.15) is 0 Å². The summed E-state index contributed by atoms with van der Waals surface area (Å²) < 4.78 is 5.38. The maximum absolute atomic E-state index is 12.1. The van der Waals surface area contributed by atoms with E-state index in [4.69, 9.17) is 4.74 Å². The Bertz CT molecular complexity index is 595.